The Kier molecular flexibility index (Phi) is 4.29. The summed E-state index contributed by atoms with van der Waals surface area (Å²) in [5, 5.41) is 5.19. The number of carbonyl (C=O) groups is 1. The number of hydrogen-bond donors (Lipinski definition) is 0. The Balaban J connectivity index is 1.44. The number of oxime groups is 1. The number of ether oxygens (including phenoxy) is 2. The molecule has 0 unspecified atom stereocenters. The predicted molar refractivity (Wildman–Crippen MR) is 110 cm³/mol. The molecule has 9 heteroatoms. The first-order chi connectivity index (χ1) is 14.8. The van der Waals surface area contributed by atoms with Crippen LogP contribution in [0, 0.1) is 17.8 Å². The number of esters is 1. The Bertz CT molecular complexity index is 982. The Morgan fingerprint density at radius 3 is 2.68 bits per heavy atom. The van der Waals surface area contributed by atoms with Crippen LogP contribution in [0.1, 0.15) is 51.5 Å². The molecular weight excluding hydrogens is 445 g/mol. The van der Waals surface area contributed by atoms with Gasteiger partial charge in [-0.3, -0.25) is 0 Å². The minimum absolute atomic E-state index is 0.0992. The van der Waals surface area contributed by atoms with Crippen molar-refractivity contribution in [1.29, 1.82) is 0 Å². The van der Waals surface area contributed by atoms with Gasteiger partial charge < -0.3 is 14.3 Å². The average molecular weight is 468 g/mol. The number of benzene rings is 1. The van der Waals surface area contributed by atoms with Crippen molar-refractivity contribution >= 4 is 34.9 Å². The molecule has 7 atom stereocenters. The van der Waals surface area contributed by atoms with Gasteiger partial charge >= 0.3 is 5.97 Å². The monoisotopic (exact) mass is 467 g/mol. The van der Waals surface area contributed by atoms with Crippen LogP contribution in [0.15, 0.2) is 23.4 Å². The van der Waals surface area contributed by atoms with E-state index in [2.05, 4.69) is 12.1 Å². The summed E-state index contributed by atoms with van der Waals surface area (Å²) in [5.74, 6) is -1.33. The number of rotatable bonds is 1. The summed E-state index contributed by atoms with van der Waals surface area (Å²) in [6.45, 7) is 4.03. The van der Waals surface area contributed by atoms with Crippen LogP contribution < -0.4 is 0 Å². The number of halogens is 2. The molecule has 1 aromatic carbocycles. The van der Waals surface area contributed by atoms with Crippen molar-refractivity contribution in [1.82, 2.24) is 0 Å². The summed E-state index contributed by atoms with van der Waals surface area (Å²) in [6.07, 6.45) is 2.49. The zero-order chi connectivity index (χ0) is 21.6. The Labute approximate surface area is 189 Å². The van der Waals surface area contributed by atoms with Gasteiger partial charge in [0.25, 0.3) is 0 Å². The Morgan fingerprint density at radius 1 is 1.13 bits per heavy atom. The van der Waals surface area contributed by atoms with Crippen LogP contribution in [-0.4, -0.2) is 35.0 Å². The number of carbonyl (C=O) groups excluding carboxylic acids is 1. The van der Waals surface area contributed by atoms with E-state index in [-0.39, 0.29) is 18.3 Å². The fraction of sp³-hybridized carbons (Fsp3) is 0.636. The summed E-state index contributed by atoms with van der Waals surface area (Å²) >= 11 is 12.8. The smallest absolute Gasteiger partial charge is 0.356 e. The van der Waals surface area contributed by atoms with E-state index in [1.165, 1.54) is 0 Å². The van der Waals surface area contributed by atoms with Crippen molar-refractivity contribution in [3.05, 3.63) is 33.8 Å². The van der Waals surface area contributed by atoms with Crippen LogP contribution in [0.3, 0.4) is 0 Å². The molecule has 1 aliphatic carbocycles. The third-order valence-electron chi connectivity index (χ3n) is 7.84. The molecule has 2 spiro atoms. The number of fused-ring (bicyclic) bond motifs is 3. The van der Waals surface area contributed by atoms with E-state index in [1.807, 2.05) is 6.92 Å². The van der Waals surface area contributed by atoms with Gasteiger partial charge in [0, 0.05) is 24.3 Å². The lowest BCUT2D eigenvalue weighted by atomic mass is 9.56. The lowest BCUT2D eigenvalue weighted by molar-refractivity contribution is -0.563. The van der Waals surface area contributed by atoms with Gasteiger partial charge in [-0.15, -0.1) is 0 Å². The van der Waals surface area contributed by atoms with Crippen LogP contribution in [0.5, 0.6) is 0 Å². The summed E-state index contributed by atoms with van der Waals surface area (Å²) in [4.78, 5) is 31.3. The zero-order valence-electron chi connectivity index (χ0n) is 17.2. The van der Waals surface area contributed by atoms with Crippen molar-refractivity contribution < 1.29 is 28.9 Å². The minimum Gasteiger partial charge on any atom is -0.429 e. The molecule has 31 heavy (non-hydrogen) atoms. The van der Waals surface area contributed by atoms with Gasteiger partial charge in [0.15, 0.2) is 5.60 Å². The molecule has 0 aromatic heterocycles. The first-order valence-corrected chi connectivity index (χ1v) is 11.5. The molecule has 7 nitrogen and oxygen atoms in total. The van der Waals surface area contributed by atoms with Gasteiger partial charge in [0.1, 0.15) is 0 Å². The zero-order valence-corrected chi connectivity index (χ0v) is 18.7. The molecule has 6 aliphatic rings. The first-order valence-electron chi connectivity index (χ1n) is 10.7. The van der Waals surface area contributed by atoms with Gasteiger partial charge in [0.2, 0.25) is 17.7 Å². The second-order valence-corrected chi connectivity index (χ2v) is 10.4. The molecule has 166 valence electrons. The van der Waals surface area contributed by atoms with Gasteiger partial charge in [0.05, 0.1) is 21.7 Å². The van der Waals surface area contributed by atoms with Gasteiger partial charge in [-0.2, -0.15) is 0 Å². The van der Waals surface area contributed by atoms with Crippen LogP contribution in [0.2, 0.25) is 10.0 Å². The van der Waals surface area contributed by atoms with E-state index < -0.39 is 29.2 Å². The molecule has 5 fully saturated rings. The molecule has 0 amide bonds. The Hall–Kier alpha value is -1.38. The average Bonchev–Trinajstić information content (AvgIpc) is 3.02. The lowest BCUT2D eigenvalue weighted by Crippen LogP contribution is -2.75. The fourth-order valence-corrected chi connectivity index (χ4v) is 6.91. The quantitative estimate of drug-likeness (QED) is 0.442. The second-order valence-electron chi connectivity index (χ2n) is 9.55. The maximum atomic E-state index is 13.4. The summed E-state index contributed by atoms with van der Waals surface area (Å²) in [7, 11) is 0. The van der Waals surface area contributed by atoms with Crippen molar-refractivity contribution in [2.24, 2.45) is 22.9 Å². The molecule has 1 saturated carbocycles. The van der Waals surface area contributed by atoms with Gasteiger partial charge in [-0.25, -0.2) is 14.6 Å². The van der Waals surface area contributed by atoms with E-state index in [9.17, 15) is 4.79 Å². The van der Waals surface area contributed by atoms with E-state index in [0.717, 1.165) is 12.8 Å². The van der Waals surface area contributed by atoms with E-state index in [0.29, 0.717) is 40.1 Å². The molecule has 5 heterocycles. The normalized spacial score (nSPS) is 45.5. The topological polar surface area (TPSA) is 75.6 Å². The van der Waals surface area contributed by atoms with Crippen LogP contribution in [-0.2, 0) is 28.9 Å². The second kappa shape index (κ2) is 6.58. The van der Waals surface area contributed by atoms with E-state index in [1.54, 1.807) is 18.2 Å². The lowest BCUT2D eigenvalue weighted by Gasteiger charge is -2.59. The predicted octanol–water partition coefficient (Wildman–Crippen LogP) is 4.63. The summed E-state index contributed by atoms with van der Waals surface area (Å²) in [6, 6.07) is 5.24. The third-order valence-corrected chi connectivity index (χ3v) is 8.47. The fourth-order valence-electron chi connectivity index (χ4n) is 6.29. The highest BCUT2D eigenvalue weighted by atomic mass is 35.5. The minimum atomic E-state index is -1.34. The molecule has 1 aromatic rings. The van der Waals surface area contributed by atoms with Gasteiger partial charge in [-0.1, -0.05) is 41.3 Å². The van der Waals surface area contributed by atoms with Crippen molar-refractivity contribution in [2.45, 2.75) is 69.2 Å². The summed E-state index contributed by atoms with van der Waals surface area (Å²) < 4.78 is 12.1. The third kappa shape index (κ3) is 2.58. The largest absolute Gasteiger partial charge is 0.429 e. The maximum absolute atomic E-state index is 13.4. The number of hydrogen-bond acceptors (Lipinski definition) is 7. The maximum Gasteiger partial charge on any atom is 0.356 e. The highest BCUT2D eigenvalue weighted by Crippen LogP contribution is 2.62. The van der Waals surface area contributed by atoms with Crippen molar-refractivity contribution in [3.63, 3.8) is 0 Å². The number of nitrogens with zero attached hydrogens (tertiary/aromatic N) is 1. The van der Waals surface area contributed by atoms with Crippen LogP contribution in [0.25, 0.3) is 0 Å². The standard InChI is InChI=1S/C22H23Cl2NO6/c1-11-6-7-16-21(10-15(25-29-21)17-13(23)4-3-5-14(17)24)18(26)27-19-22(16)12(11)8-9-20(2,28-19)30-31-22/h3-5,11-12,16,19H,6-10H2,1-2H3/t11-,12+,16+,19-,20-,21-,22-/m1/s1. The Morgan fingerprint density at radius 2 is 1.90 bits per heavy atom. The van der Waals surface area contributed by atoms with Crippen LogP contribution in [0.4, 0.5) is 0 Å². The molecule has 7 rings (SSSR count). The first kappa shape index (κ1) is 20.2. The summed E-state index contributed by atoms with van der Waals surface area (Å²) in [5.41, 5.74) is -1.19. The van der Waals surface area contributed by atoms with Crippen molar-refractivity contribution in [2.75, 3.05) is 0 Å². The molecular formula is C22H23Cl2NO6. The van der Waals surface area contributed by atoms with E-state index in [4.69, 9.17) is 47.3 Å². The molecule has 5 aliphatic heterocycles. The highest BCUT2D eigenvalue weighted by Gasteiger charge is 2.77. The van der Waals surface area contributed by atoms with Gasteiger partial charge in [-0.05, 0) is 44.2 Å². The van der Waals surface area contributed by atoms with Crippen molar-refractivity contribution in [3.8, 4) is 0 Å². The molecule has 2 bridgehead atoms. The van der Waals surface area contributed by atoms with Crippen LogP contribution >= 0.6 is 23.2 Å². The molecule has 4 saturated heterocycles. The SMILES string of the molecule is C[C@@H]1CC[C@@H]2[C@]34OO[C@](C)(CC[C@@H]13)O[C@H]4OC(=O)[C@@]21CC(c2c(Cl)cccc2Cl)=NO1. The molecule has 0 N–H and O–H groups in total. The molecule has 0 radical (unpaired) electrons. The van der Waals surface area contributed by atoms with E-state index >= 15 is 0 Å². The highest BCUT2D eigenvalue weighted by molar-refractivity contribution is 6.40.